The Morgan fingerprint density at radius 3 is 2.30 bits per heavy atom. The molecule has 7 heteroatoms. The molecular formula is C16H11F4NO2. The third-order valence-electron chi connectivity index (χ3n) is 2.95. The Bertz CT molecular complexity index is 745. The van der Waals surface area contributed by atoms with Crippen LogP contribution in [-0.4, -0.2) is 12.5 Å². The minimum atomic E-state index is -3.24. The number of hydrogen-bond acceptors (Lipinski definition) is 2. The number of carbonyl (C=O) groups is 1. The van der Waals surface area contributed by atoms with E-state index in [0.717, 1.165) is 12.1 Å². The van der Waals surface area contributed by atoms with Crippen LogP contribution in [0.3, 0.4) is 0 Å². The van der Waals surface area contributed by atoms with Gasteiger partial charge in [-0.15, -0.1) is 0 Å². The van der Waals surface area contributed by atoms with Gasteiger partial charge >= 0.3 is 6.61 Å². The highest BCUT2D eigenvalue weighted by Crippen LogP contribution is 2.29. The molecule has 2 rings (SSSR count). The maximum Gasteiger partial charge on any atom is 0.387 e. The minimum Gasteiger partial charge on any atom is -0.434 e. The summed E-state index contributed by atoms with van der Waals surface area (Å²) in [5.41, 5.74) is 4.77. The van der Waals surface area contributed by atoms with Gasteiger partial charge in [-0.2, -0.15) is 8.78 Å². The molecule has 2 N–H and O–H groups in total. The molecule has 120 valence electrons. The second-order valence-electron chi connectivity index (χ2n) is 4.44. The number of benzene rings is 2. The number of alkyl halides is 2. The molecule has 0 aliphatic heterocycles. The van der Waals surface area contributed by atoms with Crippen LogP contribution in [0.15, 0.2) is 42.5 Å². The molecule has 0 spiro atoms. The van der Waals surface area contributed by atoms with Crippen LogP contribution in [0, 0.1) is 11.6 Å². The minimum absolute atomic E-state index is 0.172. The Morgan fingerprint density at radius 2 is 1.74 bits per heavy atom. The molecule has 0 aromatic heterocycles. The number of amides is 1. The average Bonchev–Trinajstić information content (AvgIpc) is 2.51. The smallest absolute Gasteiger partial charge is 0.387 e. The lowest BCUT2D eigenvalue weighted by atomic mass is 10.0. The van der Waals surface area contributed by atoms with Gasteiger partial charge in [0.15, 0.2) is 11.6 Å². The van der Waals surface area contributed by atoms with Gasteiger partial charge in [0.2, 0.25) is 5.91 Å². The van der Waals surface area contributed by atoms with Crippen molar-refractivity contribution in [2.45, 2.75) is 6.61 Å². The summed E-state index contributed by atoms with van der Waals surface area (Å²) < 4.78 is 56.3. The van der Waals surface area contributed by atoms with Crippen molar-refractivity contribution in [1.29, 1.82) is 0 Å². The van der Waals surface area contributed by atoms with Gasteiger partial charge in [0.25, 0.3) is 0 Å². The number of nitrogens with two attached hydrogens (primary N) is 1. The highest BCUT2D eigenvalue weighted by molar-refractivity contribution is 6.23. The molecule has 0 fully saturated rings. The lowest BCUT2D eigenvalue weighted by Crippen LogP contribution is -2.13. The third kappa shape index (κ3) is 3.88. The first-order valence-electron chi connectivity index (χ1n) is 6.40. The topological polar surface area (TPSA) is 52.3 Å². The molecule has 3 nitrogen and oxygen atoms in total. The quantitative estimate of drug-likeness (QED) is 0.519. The normalized spacial score (nSPS) is 11.6. The summed E-state index contributed by atoms with van der Waals surface area (Å²) in [6.07, 6.45) is 0.883. The molecule has 0 saturated carbocycles. The molecule has 0 unspecified atom stereocenters. The van der Waals surface area contributed by atoms with E-state index in [1.54, 1.807) is 18.2 Å². The molecule has 0 radical (unpaired) electrons. The van der Waals surface area contributed by atoms with Gasteiger partial charge in [-0.3, -0.25) is 4.79 Å². The van der Waals surface area contributed by atoms with Crippen LogP contribution in [0.2, 0.25) is 0 Å². The predicted molar refractivity (Wildman–Crippen MR) is 76.5 cm³/mol. The van der Waals surface area contributed by atoms with Crippen LogP contribution in [0.25, 0.3) is 11.6 Å². The zero-order valence-electron chi connectivity index (χ0n) is 11.6. The molecule has 0 atom stereocenters. The Kier molecular flexibility index (Phi) is 5.00. The molecule has 0 saturated heterocycles. The standard InChI is InChI=1S/C16H11F4NO2/c17-12-6-7-13(23-16(19)20)11(14(12)18)8-10(15(21)22)9-4-2-1-3-5-9/h1-8,16H,(H2,21,22). The van der Waals surface area contributed by atoms with E-state index in [0.29, 0.717) is 11.6 Å². The van der Waals surface area contributed by atoms with Crippen molar-refractivity contribution < 1.29 is 27.1 Å². The molecular weight excluding hydrogens is 314 g/mol. The Balaban J connectivity index is 2.63. The largest absolute Gasteiger partial charge is 0.434 e. The van der Waals surface area contributed by atoms with Crippen molar-refractivity contribution in [3.63, 3.8) is 0 Å². The zero-order valence-corrected chi connectivity index (χ0v) is 11.6. The van der Waals surface area contributed by atoms with Crippen LogP contribution in [-0.2, 0) is 4.79 Å². The molecule has 0 aliphatic carbocycles. The summed E-state index contributed by atoms with van der Waals surface area (Å²) in [6, 6.07) is 9.41. The number of carbonyl (C=O) groups excluding carboxylic acids is 1. The van der Waals surface area contributed by atoms with Crippen molar-refractivity contribution in [2.24, 2.45) is 5.73 Å². The second-order valence-corrected chi connectivity index (χ2v) is 4.44. The van der Waals surface area contributed by atoms with Gasteiger partial charge in [0.1, 0.15) is 5.75 Å². The zero-order chi connectivity index (χ0) is 17.0. The van der Waals surface area contributed by atoms with E-state index in [4.69, 9.17) is 5.73 Å². The first-order chi connectivity index (χ1) is 10.9. The average molecular weight is 325 g/mol. The molecule has 0 aliphatic rings. The summed E-state index contributed by atoms with van der Waals surface area (Å²) >= 11 is 0. The van der Waals surface area contributed by atoms with Crippen LogP contribution in [0.5, 0.6) is 5.75 Å². The van der Waals surface area contributed by atoms with Crippen molar-refractivity contribution >= 4 is 17.6 Å². The first kappa shape index (κ1) is 16.5. The summed E-state index contributed by atoms with van der Waals surface area (Å²) in [6.45, 7) is -3.24. The Hall–Kier alpha value is -2.83. The van der Waals surface area contributed by atoms with Crippen LogP contribution < -0.4 is 10.5 Å². The lowest BCUT2D eigenvalue weighted by molar-refractivity contribution is -0.112. The second kappa shape index (κ2) is 6.95. The van der Waals surface area contributed by atoms with Gasteiger partial charge in [-0.1, -0.05) is 30.3 Å². The van der Waals surface area contributed by atoms with Gasteiger partial charge in [-0.25, -0.2) is 8.78 Å². The summed E-state index contributed by atoms with van der Waals surface area (Å²) in [4.78, 5) is 11.6. The van der Waals surface area contributed by atoms with E-state index >= 15 is 0 Å². The van der Waals surface area contributed by atoms with Crippen molar-refractivity contribution in [3.8, 4) is 5.75 Å². The van der Waals surface area contributed by atoms with Crippen LogP contribution in [0.1, 0.15) is 11.1 Å². The molecule has 1 amide bonds. The maximum atomic E-state index is 14.0. The highest BCUT2D eigenvalue weighted by Gasteiger charge is 2.18. The number of hydrogen-bond donors (Lipinski definition) is 1. The molecule has 0 bridgehead atoms. The van der Waals surface area contributed by atoms with Crippen molar-refractivity contribution in [1.82, 2.24) is 0 Å². The van der Waals surface area contributed by atoms with E-state index in [-0.39, 0.29) is 5.57 Å². The Morgan fingerprint density at radius 1 is 1.09 bits per heavy atom. The fourth-order valence-electron chi connectivity index (χ4n) is 1.94. The van der Waals surface area contributed by atoms with Gasteiger partial charge in [0, 0.05) is 5.57 Å². The fourth-order valence-corrected chi connectivity index (χ4v) is 1.94. The van der Waals surface area contributed by atoms with E-state index in [1.165, 1.54) is 12.1 Å². The van der Waals surface area contributed by atoms with Gasteiger partial charge in [0.05, 0.1) is 5.56 Å². The molecule has 2 aromatic rings. The van der Waals surface area contributed by atoms with Gasteiger partial charge in [-0.05, 0) is 23.8 Å². The number of primary amides is 1. The van der Waals surface area contributed by atoms with Gasteiger partial charge < -0.3 is 10.5 Å². The predicted octanol–water partition coefficient (Wildman–Crippen LogP) is 3.59. The van der Waals surface area contributed by atoms with E-state index in [1.807, 2.05) is 0 Å². The Labute approximate surface area is 129 Å². The van der Waals surface area contributed by atoms with Crippen LogP contribution in [0.4, 0.5) is 17.6 Å². The number of rotatable bonds is 5. The third-order valence-corrected chi connectivity index (χ3v) is 2.95. The lowest BCUT2D eigenvalue weighted by Gasteiger charge is -2.11. The highest BCUT2D eigenvalue weighted by atomic mass is 19.3. The summed E-state index contributed by atoms with van der Waals surface area (Å²) in [5.74, 6) is -4.22. The fraction of sp³-hybridized carbons (Fsp3) is 0.0625. The summed E-state index contributed by atoms with van der Waals surface area (Å²) in [5, 5.41) is 0. The monoisotopic (exact) mass is 325 g/mol. The van der Waals surface area contributed by atoms with E-state index in [9.17, 15) is 22.4 Å². The van der Waals surface area contributed by atoms with E-state index in [2.05, 4.69) is 4.74 Å². The maximum absolute atomic E-state index is 14.0. The molecule has 2 aromatic carbocycles. The van der Waals surface area contributed by atoms with E-state index < -0.39 is 35.5 Å². The number of ether oxygens (including phenoxy) is 1. The van der Waals surface area contributed by atoms with Crippen molar-refractivity contribution in [2.75, 3.05) is 0 Å². The molecule has 23 heavy (non-hydrogen) atoms. The first-order valence-corrected chi connectivity index (χ1v) is 6.40. The SMILES string of the molecule is NC(=O)C(=Cc1c(OC(F)F)ccc(F)c1F)c1ccccc1. The molecule has 0 heterocycles. The van der Waals surface area contributed by atoms with Crippen LogP contribution >= 0.6 is 0 Å². The van der Waals surface area contributed by atoms with Crippen molar-refractivity contribution in [3.05, 3.63) is 65.2 Å². The summed E-state index contributed by atoms with van der Waals surface area (Å²) in [7, 11) is 0. The number of halogens is 4.